The van der Waals surface area contributed by atoms with E-state index in [-0.39, 0.29) is 34.6 Å². The number of phenolic OH excluding ortho intramolecular Hbond substituents is 3. The number of aliphatic hydroxyl groups is 6. The van der Waals surface area contributed by atoms with Crippen LogP contribution in [0.1, 0.15) is 51.3 Å². The number of anilines is 1. The van der Waals surface area contributed by atoms with Gasteiger partial charge in [0.25, 0.3) is 0 Å². The van der Waals surface area contributed by atoms with Crippen molar-refractivity contribution in [2.75, 3.05) is 11.5 Å². The van der Waals surface area contributed by atoms with Gasteiger partial charge in [0.1, 0.15) is 38.0 Å². The van der Waals surface area contributed by atoms with Gasteiger partial charge in [0, 0.05) is 28.8 Å². The quantitative estimate of drug-likeness (QED) is 0.0233. The monoisotopic (exact) mass is 807 g/mol. The van der Waals surface area contributed by atoms with Crippen molar-refractivity contribution >= 4 is 69.6 Å². The van der Waals surface area contributed by atoms with E-state index < -0.39 is 86.4 Å². The van der Waals surface area contributed by atoms with Crippen molar-refractivity contribution in [2.24, 2.45) is 5.73 Å². The predicted molar refractivity (Wildman–Crippen MR) is 208 cm³/mol. The molecule has 4 aromatic rings. The van der Waals surface area contributed by atoms with Gasteiger partial charge in [0.2, 0.25) is 23.5 Å². The lowest BCUT2D eigenvalue weighted by Gasteiger charge is -2.38. The van der Waals surface area contributed by atoms with Crippen LogP contribution in [0.4, 0.5) is 5.69 Å². The van der Waals surface area contributed by atoms with Crippen molar-refractivity contribution in [2.45, 2.75) is 41.5 Å². The van der Waals surface area contributed by atoms with Crippen molar-refractivity contribution in [1.29, 1.82) is 0 Å². The average molecular weight is 807 g/mol. The van der Waals surface area contributed by atoms with E-state index in [0.717, 1.165) is 30.0 Å². The molecule has 12 N–H and O–H groups in total. The first-order chi connectivity index (χ1) is 27.1. The lowest BCUT2D eigenvalue weighted by Crippen LogP contribution is -2.63. The molecule has 1 aliphatic rings. The largest absolute Gasteiger partial charge is 0.507 e. The third-order valence-corrected chi connectivity index (χ3v) is 10.0. The summed E-state index contributed by atoms with van der Waals surface area (Å²) in [6.07, 6.45) is -4.30. The summed E-state index contributed by atoms with van der Waals surface area (Å²) < 4.78 is 9.84. The first-order valence-electron chi connectivity index (χ1n) is 16.8. The molecule has 0 bridgehead atoms. The zero-order valence-electron chi connectivity index (χ0n) is 30.2. The molecule has 0 aliphatic carbocycles. The Morgan fingerprint density at radius 3 is 2.17 bits per heavy atom. The molecule has 4 aromatic carbocycles. The van der Waals surface area contributed by atoms with Crippen LogP contribution in [-0.2, 0) is 15.4 Å². The molecule has 1 aliphatic heterocycles. The molecular formula is C37H32B3N3O14S. The second-order valence-corrected chi connectivity index (χ2v) is 14.0. The molecule has 0 saturated carbocycles. The molecule has 1 saturated heterocycles. The van der Waals surface area contributed by atoms with E-state index in [4.69, 9.17) is 34.0 Å². The van der Waals surface area contributed by atoms with E-state index in [1.54, 1.807) is 24.3 Å². The van der Waals surface area contributed by atoms with Gasteiger partial charge in [-0.25, -0.2) is 0 Å². The number of phenols is 3. The number of carbonyl (C=O) groups excluding carboxylic acids is 3. The van der Waals surface area contributed by atoms with Gasteiger partial charge in [-0.15, -0.1) is 11.8 Å². The summed E-state index contributed by atoms with van der Waals surface area (Å²) in [7, 11) is 17.1. The molecule has 17 nitrogen and oxygen atoms in total. The fourth-order valence-corrected chi connectivity index (χ4v) is 7.13. The Morgan fingerprint density at radius 2 is 1.55 bits per heavy atom. The summed E-state index contributed by atoms with van der Waals surface area (Å²) in [6.45, 7) is 1.47. The fraction of sp³-hybridized carbons (Fsp3) is 0.216. The highest BCUT2D eigenvalue weighted by molar-refractivity contribution is 8.01. The van der Waals surface area contributed by atoms with Gasteiger partial charge in [0.05, 0.1) is 11.9 Å². The van der Waals surface area contributed by atoms with Crippen LogP contribution in [-0.4, -0.2) is 111 Å². The van der Waals surface area contributed by atoms with Crippen LogP contribution in [0.5, 0.6) is 28.7 Å². The maximum absolute atomic E-state index is 14.0. The number of ether oxygens (including phenoxy) is 2. The number of nitrogens with zero attached hydrogens (tertiary/aromatic N) is 1. The van der Waals surface area contributed by atoms with Gasteiger partial charge in [-0.05, 0) is 61.0 Å². The van der Waals surface area contributed by atoms with Crippen LogP contribution in [0.15, 0.2) is 66.7 Å². The number of amides is 3. The van der Waals surface area contributed by atoms with E-state index >= 15 is 0 Å². The van der Waals surface area contributed by atoms with Gasteiger partial charge in [-0.2, -0.15) is 0 Å². The number of rotatable bonds is 12. The number of hydrogen-bond acceptors (Lipinski definition) is 15. The van der Waals surface area contributed by atoms with Crippen molar-refractivity contribution in [3.63, 3.8) is 0 Å². The molecule has 3 unspecified atom stereocenters. The number of carbonyl (C=O) groups is 3. The second kappa shape index (κ2) is 16.6. The van der Waals surface area contributed by atoms with E-state index in [1.165, 1.54) is 36.1 Å². The molecule has 21 heteroatoms. The summed E-state index contributed by atoms with van der Waals surface area (Å²) >= 11 is 0.990. The molecule has 5 rings (SSSR count). The zero-order chi connectivity index (χ0) is 42.9. The Kier molecular flexibility index (Phi) is 12.4. The maximum Gasteiger partial charge on any atom is 0.453 e. The summed E-state index contributed by atoms with van der Waals surface area (Å²) in [5, 5.41) is 91.0. The van der Waals surface area contributed by atoms with Gasteiger partial charge < -0.3 is 66.5 Å². The van der Waals surface area contributed by atoms with E-state index in [0.29, 0.717) is 11.1 Å². The number of nitrogens with two attached hydrogens (primary N) is 1. The second-order valence-electron chi connectivity index (χ2n) is 12.7. The SMILES string of the molecule is [B]c1c([B])c(O)c(C#Cc2ccc(C3SC(CC(=O)NC([B])(O)C(O)(O)c4ccc(OC(O)(O)O)c(OCC)c4)C(=O)N3c3cccc(C(N)=O)c3)cc2)c(O)c1O. The number of thioether (sulfide) groups is 1. The van der Waals surface area contributed by atoms with Crippen LogP contribution >= 0.6 is 11.8 Å². The molecule has 0 aromatic heterocycles. The zero-order valence-corrected chi connectivity index (χ0v) is 31.0. The van der Waals surface area contributed by atoms with Gasteiger partial charge in [-0.1, -0.05) is 41.0 Å². The summed E-state index contributed by atoms with van der Waals surface area (Å²) in [5.74, 6) is -3.74. The highest BCUT2D eigenvalue weighted by Gasteiger charge is 2.49. The van der Waals surface area contributed by atoms with E-state index in [2.05, 4.69) is 16.6 Å². The first kappa shape index (κ1) is 43.3. The molecule has 3 amide bonds. The summed E-state index contributed by atoms with van der Waals surface area (Å²) in [6, 6.07) is 14.8. The number of aromatic hydroxyl groups is 3. The Labute approximate surface area is 337 Å². The highest BCUT2D eigenvalue weighted by atomic mass is 32.2. The van der Waals surface area contributed by atoms with E-state index in [9.17, 15) is 60.3 Å². The molecule has 6 radical (unpaired) electrons. The minimum absolute atomic E-state index is 0.0535. The Balaban J connectivity index is 1.41. The molecule has 1 fully saturated rings. The fourth-order valence-electron chi connectivity index (χ4n) is 5.68. The van der Waals surface area contributed by atoms with Crippen molar-refractivity contribution < 1.29 is 69.8 Å². The smallest absolute Gasteiger partial charge is 0.453 e. The molecular weight excluding hydrogens is 775 g/mol. The minimum Gasteiger partial charge on any atom is -0.507 e. The molecule has 294 valence electrons. The topological polar surface area (TPSA) is 293 Å². The molecule has 58 heavy (non-hydrogen) atoms. The maximum atomic E-state index is 14.0. The minimum atomic E-state index is -3.63. The van der Waals surface area contributed by atoms with Crippen molar-refractivity contribution in [3.8, 4) is 40.6 Å². The van der Waals surface area contributed by atoms with Crippen LogP contribution in [0.2, 0.25) is 0 Å². The third kappa shape index (κ3) is 8.98. The number of primary amides is 1. The highest BCUT2D eigenvalue weighted by Crippen LogP contribution is 2.47. The van der Waals surface area contributed by atoms with Crippen LogP contribution in [0.3, 0.4) is 0 Å². The summed E-state index contributed by atoms with van der Waals surface area (Å²) in [4.78, 5) is 40.7. The average Bonchev–Trinajstić information content (AvgIpc) is 3.47. The molecule has 0 spiro atoms. The Morgan fingerprint density at radius 1 is 0.897 bits per heavy atom. The third-order valence-electron chi connectivity index (χ3n) is 8.60. The summed E-state index contributed by atoms with van der Waals surface area (Å²) in [5.41, 5.74) is 1.54. The van der Waals surface area contributed by atoms with Crippen molar-refractivity contribution in [3.05, 3.63) is 94.5 Å². The predicted octanol–water partition coefficient (Wildman–Crippen LogP) is -2.44. The van der Waals surface area contributed by atoms with Crippen LogP contribution in [0.25, 0.3) is 0 Å². The van der Waals surface area contributed by atoms with Gasteiger partial charge in [0.15, 0.2) is 30.8 Å². The standard InChI is InChI=1S/C37H32B3N3O14S/c1-2-56-24-15-20(11-13-23(24)57-37(53,54)55)35(50,51)36(40,52)42-26(44)16-25-33(49)43(21-5-3-4-19(14-21)32(41)48)34(58-25)18-9-6-17(7-10-18)8-12-22-29(45)27(38)28(39)31(47)30(22)46/h3-7,9-11,13-15,25,34,45-47,50-55H,2,16H2,1H3,(H2,41,48)(H,42,44). The Bertz CT molecular complexity index is 2300. The lowest BCUT2D eigenvalue weighted by molar-refractivity contribution is -0.419. The van der Waals surface area contributed by atoms with E-state index in [1.807, 2.05) is 5.32 Å². The number of nitrogens with one attached hydrogen (secondary N) is 1. The molecule has 3 atom stereocenters. The Hall–Kier alpha value is -5.85. The van der Waals surface area contributed by atoms with Gasteiger partial charge in [-0.3, -0.25) is 19.3 Å². The molecule has 1 heterocycles. The number of benzene rings is 4. The first-order valence-corrected chi connectivity index (χ1v) is 17.7. The van der Waals surface area contributed by atoms with Crippen molar-refractivity contribution in [1.82, 2.24) is 5.32 Å². The van der Waals surface area contributed by atoms with Crippen LogP contribution in [0, 0.1) is 11.8 Å². The lowest BCUT2D eigenvalue weighted by atomic mass is 9.78. The van der Waals surface area contributed by atoms with Gasteiger partial charge >= 0.3 is 6.16 Å². The number of hydrogen-bond donors (Lipinski definition) is 11. The normalized spacial score (nSPS) is 16.5. The van der Waals surface area contributed by atoms with Crippen LogP contribution < -0.4 is 36.3 Å².